The van der Waals surface area contributed by atoms with Crippen molar-refractivity contribution in [1.82, 2.24) is 20.1 Å². The van der Waals surface area contributed by atoms with Gasteiger partial charge < -0.3 is 19.5 Å². The number of benzene rings is 1. The van der Waals surface area contributed by atoms with Gasteiger partial charge in [0.15, 0.2) is 22.5 Å². The fraction of sp³-hybridized carbons (Fsp3) is 0.421. The van der Waals surface area contributed by atoms with E-state index < -0.39 is 0 Å². The van der Waals surface area contributed by atoms with Gasteiger partial charge in [-0.3, -0.25) is 9.36 Å². The molecule has 1 heterocycles. The molecular weight excluding hydrogens is 380 g/mol. The van der Waals surface area contributed by atoms with Crippen molar-refractivity contribution in [2.45, 2.75) is 30.6 Å². The minimum absolute atomic E-state index is 0.00925. The van der Waals surface area contributed by atoms with Gasteiger partial charge in [-0.15, -0.1) is 16.8 Å². The van der Waals surface area contributed by atoms with Gasteiger partial charge in [0.2, 0.25) is 11.7 Å². The van der Waals surface area contributed by atoms with E-state index in [4.69, 9.17) is 14.2 Å². The Morgan fingerprint density at radius 2 is 1.93 bits per heavy atom. The molecule has 1 aromatic carbocycles. The standard InChI is InChI=1S/C19H24N4O4S/c1-5-8-23-18(12-9-14(25-2)17(27-4)15(10-12)26-3)21-22-19(23)28-11-16(24)20-13-6-7-13/h5,9-10,13H,1,6-8,11H2,2-4H3,(H,20,24). The van der Waals surface area contributed by atoms with Gasteiger partial charge in [0.1, 0.15) is 0 Å². The lowest BCUT2D eigenvalue weighted by Gasteiger charge is -2.14. The Labute approximate surface area is 168 Å². The maximum Gasteiger partial charge on any atom is 0.230 e. The molecule has 1 saturated carbocycles. The molecule has 0 saturated heterocycles. The summed E-state index contributed by atoms with van der Waals surface area (Å²) in [6, 6.07) is 3.98. The fourth-order valence-corrected chi connectivity index (χ4v) is 3.50. The molecule has 3 rings (SSSR count). The summed E-state index contributed by atoms with van der Waals surface area (Å²) in [5.41, 5.74) is 0.762. The number of nitrogens with zero attached hydrogens (tertiary/aromatic N) is 3. The van der Waals surface area contributed by atoms with Crippen molar-refractivity contribution < 1.29 is 19.0 Å². The first-order valence-corrected chi connectivity index (χ1v) is 9.86. The van der Waals surface area contributed by atoms with Crippen LogP contribution in [0.4, 0.5) is 0 Å². The highest BCUT2D eigenvalue weighted by Gasteiger charge is 2.24. The Morgan fingerprint density at radius 3 is 2.46 bits per heavy atom. The maximum atomic E-state index is 12.0. The average molecular weight is 404 g/mol. The zero-order chi connectivity index (χ0) is 20.1. The third-order valence-corrected chi connectivity index (χ3v) is 5.19. The smallest absolute Gasteiger partial charge is 0.230 e. The fourth-order valence-electron chi connectivity index (χ4n) is 2.74. The molecule has 150 valence electrons. The highest BCUT2D eigenvalue weighted by Crippen LogP contribution is 2.41. The minimum Gasteiger partial charge on any atom is -0.493 e. The minimum atomic E-state index is 0.00925. The molecule has 1 fully saturated rings. The number of thioether (sulfide) groups is 1. The van der Waals surface area contributed by atoms with Crippen LogP contribution in [0.3, 0.4) is 0 Å². The molecule has 1 N–H and O–H groups in total. The van der Waals surface area contributed by atoms with Crippen LogP contribution in [0.2, 0.25) is 0 Å². The molecule has 28 heavy (non-hydrogen) atoms. The van der Waals surface area contributed by atoms with Crippen LogP contribution >= 0.6 is 11.8 Å². The van der Waals surface area contributed by atoms with E-state index in [2.05, 4.69) is 22.1 Å². The predicted octanol–water partition coefficient (Wildman–Crippen LogP) is 2.53. The number of amides is 1. The first-order chi connectivity index (χ1) is 13.6. The van der Waals surface area contributed by atoms with E-state index in [0.29, 0.717) is 46.6 Å². The van der Waals surface area contributed by atoms with Gasteiger partial charge in [-0.1, -0.05) is 17.8 Å². The van der Waals surface area contributed by atoms with Crippen LogP contribution in [-0.2, 0) is 11.3 Å². The number of allylic oxidation sites excluding steroid dienone is 1. The van der Waals surface area contributed by atoms with Gasteiger partial charge in [-0.25, -0.2) is 0 Å². The SMILES string of the molecule is C=CCn1c(SCC(=O)NC2CC2)nnc1-c1cc(OC)c(OC)c(OC)c1. The quantitative estimate of drug-likeness (QED) is 0.481. The monoisotopic (exact) mass is 404 g/mol. The summed E-state index contributed by atoms with van der Waals surface area (Å²) in [5.74, 6) is 2.50. The van der Waals surface area contributed by atoms with Crippen LogP contribution in [0.25, 0.3) is 11.4 Å². The molecule has 0 aliphatic heterocycles. The van der Waals surface area contributed by atoms with Gasteiger partial charge in [0.25, 0.3) is 0 Å². The van der Waals surface area contributed by atoms with E-state index in [9.17, 15) is 4.79 Å². The highest BCUT2D eigenvalue weighted by atomic mass is 32.2. The van der Waals surface area contributed by atoms with Crippen molar-refractivity contribution in [3.63, 3.8) is 0 Å². The van der Waals surface area contributed by atoms with Crippen LogP contribution in [0.1, 0.15) is 12.8 Å². The van der Waals surface area contributed by atoms with Crippen LogP contribution in [0.5, 0.6) is 17.2 Å². The number of ether oxygens (including phenoxy) is 3. The molecule has 0 unspecified atom stereocenters. The number of rotatable bonds is 10. The highest BCUT2D eigenvalue weighted by molar-refractivity contribution is 7.99. The average Bonchev–Trinajstić information content (AvgIpc) is 3.43. The number of carbonyl (C=O) groups is 1. The summed E-state index contributed by atoms with van der Waals surface area (Å²) in [6.07, 6.45) is 3.89. The third-order valence-electron chi connectivity index (χ3n) is 4.23. The van der Waals surface area contributed by atoms with Crippen molar-refractivity contribution in [1.29, 1.82) is 0 Å². The van der Waals surface area contributed by atoms with E-state index in [-0.39, 0.29) is 5.91 Å². The molecule has 1 aromatic heterocycles. The molecule has 2 aromatic rings. The summed E-state index contributed by atoms with van der Waals surface area (Å²) >= 11 is 1.35. The number of carbonyl (C=O) groups excluding carboxylic acids is 1. The maximum absolute atomic E-state index is 12.0. The molecule has 8 nitrogen and oxygen atoms in total. The molecule has 9 heteroatoms. The second-order valence-electron chi connectivity index (χ2n) is 6.25. The molecule has 0 radical (unpaired) electrons. The van der Waals surface area contributed by atoms with E-state index in [1.807, 2.05) is 16.7 Å². The Hall–Kier alpha value is -2.68. The Balaban J connectivity index is 1.89. The molecule has 1 aliphatic carbocycles. The Kier molecular flexibility index (Phi) is 6.45. The van der Waals surface area contributed by atoms with Gasteiger partial charge >= 0.3 is 0 Å². The van der Waals surface area contributed by atoms with Gasteiger partial charge in [0, 0.05) is 18.2 Å². The Morgan fingerprint density at radius 1 is 1.25 bits per heavy atom. The van der Waals surface area contributed by atoms with Crippen molar-refractivity contribution in [2.24, 2.45) is 0 Å². The summed E-state index contributed by atoms with van der Waals surface area (Å²) in [6.45, 7) is 4.32. The second-order valence-corrected chi connectivity index (χ2v) is 7.19. The number of hydrogen-bond acceptors (Lipinski definition) is 7. The lowest BCUT2D eigenvalue weighted by Crippen LogP contribution is -2.27. The largest absolute Gasteiger partial charge is 0.493 e. The van der Waals surface area contributed by atoms with E-state index in [0.717, 1.165) is 18.4 Å². The van der Waals surface area contributed by atoms with Crippen molar-refractivity contribution in [3.8, 4) is 28.6 Å². The first-order valence-electron chi connectivity index (χ1n) is 8.87. The topological polar surface area (TPSA) is 87.5 Å². The van der Waals surface area contributed by atoms with E-state index in [1.165, 1.54) is 11.8 Å². The number of aromatic nitrogens is 3. The zero-order valence-corrected chi connectivity index (χ0v) is 17.0. The summed E-state index contributed by atoms with van der Waals surface area (Å²) < 4.78 is 18.1. The predicted molar refractivity (Wildman–Crippen MR) is 107 cm³/mol. The zero-order valence-electron chi connectivity index (χ0n) is 16.2. The summed E-state index contributed by atoms with van der Waals surface area (Å²) in [7, 11) is 4.69. The number of methoxy groups -OCH3 is 3. The summed E-state index contributed by atoms with van der Waals surface area (Å²) in [4.78, 5) is 12.0. The van der Waals surface area contributed by atoms with Gasteiger partial charge in [-0.2, -0.15) is 0 Å². The molecule has 1 aliphatic rings. The Bertz CT molecular complexity index is 839. The van der Waals surface area contributed by atoms with Crippen molar-refractivity contribution >= 4 is 17.7 Å². The molecule has 0 bridgehead atoms. The summed E-state index contributed by atoms with van der Waals surface area (Å²) in [5, 5.41) is 12.2. The first kappa shape index (κ1) is 20.1. The van der Waals surface area contributed by atoms with E-state index >= 15 is 0 Å². The van der Waals surface area contributed by atoms with Crippen LogP contribution in [0, 0.1) is 0 Å². The lowest BCUT2D eigenvalue weighted by molar-refractivity contribution is -0.118. The van der Waals surface area contributed by atoms with Crippen LogP contribution < -0.4 is 19.5 Å². The van der Waals surface area contributed by atoms with E-state index in [1.54, 1.807) is 27.4 Å². The van der Waals surface area contributed by atoms with Crippen LogP contribution in [-0.4, -0.2) is 53.8 Å². The third kappa shape index (κ3) is 4.41. The van der Waals surface area contributed by atoms with Crippen molar-refractivity contribution in [2.75, 3.05) is 27.1 Å². The van der Waals surface area contributed by atoms with Crippen LogP contribution in [0.15, 0.2) is 29.9 Å². The normalized spacial score (nSPS) is 13.1. The van der Waals surface area contributed by atoms with Crippen molar-refractivity contribution in [3.05, 3.63) is 24.8 Å². The molecule has 0 spiro atoms. The van der Waals surface area contributed by atoms with Gasteiger partial charge in [0.05, 0.1) is 27.1 Å². The lowest BCUT2D eigenvalue weighted by atomic mass is 10.1. The molecular formula is C19H24N4O4S. The number of nitrogens with one attached hydrogen (secondary N) is 1. The second kappa shape index (κ2) is 9.01. The molecule has 0 atom stereocenters. The van der Waals surface area contributed by atoms with Gasteiger partial charge in [-0.05, 0) is 25.0 Å². The number of hydrogen-bond donors (Lipinski definition) is 1. The molecule has 1 amide bonds.